The number of nitrogens with zero attached hydrogens (tertiary/aromatic N) is 2. The summed E-state index contributed by atoms with van der Waals surface area (Å²) in [5.74, 6) is 0. The maximum atomic E-state index is 5.51. The van der Waals surface area contributed by atoms with Gasteiger partial charge in [-0.2, -0.15) is 5.10 Å². The predicted octanol–water partition coefficient (Wildman–Crippen LogP) is 0.829. The van der Waals surface area contributed by atoms with Crippen LogP contribution in [0.4, 0.5) is 0 Å². The Morgan fingerprint density at radius 3 is 2.83 bits per heavy atom. The summed E-state index contributed by atoms with van der Waals surface area (Å²) in [6.45, 7) is 0.459. The summed E-state index contributed by atoms with van der Waals surface area (Å²) < 4.78 is 7.82. The van der Waals surface area contributed by atoms with Crippen LogP contribution in [0.3, 0.4) is 0 Å². The molecule has 1 heterocycles. The molecule has 12 heavy (non-hydrogen) atoms. The standard InChI is InChI=1S/C7H12BrN3O/c1-11-7(8)5(4-10-11)6(3-9)12-2/h4,6H,3,9H2,1-2H3. The first-order valence-electron chi connectivity index (χ1n) is 3.61. The van der Waals surface area contributed by atoms with Gasteiger partial charge >= 0.3 is 0 Å². The van der Waals surface area contributed by atoms with Crippen LogP contribution < -0.4 is 5.73 Å². The maximum absolute atomic E-state index is 5.51. The van der Waals surface area contributed by atoms with Crippen molar-refractivity contribution in [1.29, 1.82) is 0 Å². The number of halogens is 1. The highest BCUT2D eigenvalue weighted by atomic mass is 79.9. The fourth-order valence-corrected chi connectivity index (χ4v) is 1.45. The number of ether oxygens (including phenoxy) is 1. The van der Waals surface area contributed by atoms with Crippen LogP contribution >= 0.6 is 15.9 Å². The first-order chi connectivity index (χ1) is 5.70. The molecule has 0 saturated heterocycles. The van der Waals surface area contributed by atoms with Crippen LogP contribution in [0.15, 0.2) is 10.8 Å². The molecule has 0 bridgehead atoms. The monoisotopic (exact) mass is 233 g/mol. The van der Waals surface area contributed by atoms with E-state index in [1.54, 1.807) is 18.0 Å². The third kappa shape index (κ3) is 1.68. The van der Waals surface area contributed by atoms with E-state index in [9.17, 15) is 0 Å². The van der Waals surface area contributed by atoms with Crippen molar-refractivity contribution in [1.82, 2.24) is 9.78 Å². The number of hydrogen-bond acceptors (Lipinski definition) is 3. The van der Waals surface area contributed by atoms with E-state index < -0.39 is 0 Å². The SMILES string of the molecule is COC(CN)c1cnn(C)c1Br. The third-order valence-electron chi connectivity index (χ3n) is 1.74. The smallest absolute Gasteiger partial charge is 0.109 e. The second-order valence-corrected chi connectivity index (χ2v) is 3.23. The van der Waals surface area contributed by atoms with Crippen molar-refractivity contribution >= 4 is 15.9 Å². The normalized spacial score (nSPS) is 13.3. The minimum atomic E-state index is -0.0759. The molecule has 1 unspecified atom stereocenters. The van der Waals surface area contributed by atoms with Gasteiger partial charge in [0.05, 0.1) is 12.3 Å². The Labute approximate surface area is 79.8 Å². The molecule has 5 heteroatoms. The van der Waals surface area contributed by atoms with E-state index in [1.807, 2.05) is 7.05 Å². The summed E-state index contributed by atoms with van der Waals surface area (Å²) in [5, 5.41) is 4.07. The number of aromatic nitrogens is 2. The summed E-state index contributed by atoms with van der Waals surface area (Å²) in [6, 6.07) is 0. The van der Waals surface area contributed by atoms with Gasteiger partial charge in [-0.3, -0.25) is 4.68 Å². The highest BCUT2D eigenvalue weighted by Crippen LogP contribution is 2.23. The molecule has 1 aromatic heterocycles. The number of aryl methyl sites for hydroxylation is 1. The Morgan fingerprint density at radius 1 is 1.83 bits per heavy atom. The molecule has 0 aliphatic heterocycles. The van der Waals surface area contributed by atoms with Crippen LogP contribution in [-0.4, -0.2) is 23.4 Å². The Hall–Kier alpha value is -0.390. The Morgan fingerprint density at radius 2 is 2.50 bits per heavy atom. The van der Waals surface area contributed by atoms with E-state index in [1.165, 1.54) is 0 Å². The van der Waals surface area contributed by atoms with Crippen LogP contribution in [0.5, 0.6) is 0 Å². The average molecular weight is 234 g/mol. The zero-order valence-corrected chi connectivity index (χ0v) is 8.71. The number of rotatable bonds is 3. The minimum absolute atomic E-state index is 0.0759. The Kier molecular flexibility index (Phi) is 3.25. The van der Waals surface area contributed by atoms with Gasteiger partial charge in [-0.05, 0) is 15.9 Å². The second-order valence-electron chi connectivity index (χ2n) is 2.47. The molecule has 1 aromatic rings. The molecule has 0 saturated carbocycles. The highest BCUT2D eigenvalue weighted by Gasteiger charge is 2.14. The molecule has 1 atom stereocenters. The Balaban J connectivity index is 2.93. The quantitative estimate of drug-likeness (QED) is 0.842. The van der Waals surface area contributed by atoms with E-state index in [0.717, 1.165) is 10.2 Å². The topological polar surface area (TPSA) is 53.1 Å². The first kappa shape index (κ1) is 9.70. The average Bonchev–Trinajstić information content (AvgIpc) is 2.38. The van der Waals surface area contributed by atoms with Gasteiger partial charge in [0.15, 0.2) is 0 Å². The highest BCUT2D eigenvalue weighted by molar-refractivity contribution is 9.10. The van der Waals surface area contributed by atoms with Gasteiger partial charge in [-0.15, -0.1) is 0 Å². The summed E-state index contributed by atoms with van der Waals surface area (Å²) in [7, 11) is 3.49. The molecule has 68 valence electrons. The number of hydrogen-bond donors (Lipinski definition) is 1. The molecule has 0 spiro atoms. The number of nitrogens with two attached hydrogens (primary N) is 1. The van der Waals surface area contributed by atoms with Crippen molar-refractivity contribution in [2.45, 2.75) is 6.10 Å². The zero-order valence-electron chi connectivity index (χ0n) is 7.12. The molecule has 0 aromatic carbocycles. The summed E-state index contributed by atoms with van der Waals surface area (Å²) >= 11 is 3.40. The number of methoxy groups -OCH3 is 1. The summed E-state index contributed by atoms with van der Waals surface area (Å²) in [4.78, 5) is 0. The summed E-state index contributed by atoms with van der Waals surface area (Å²) in [5.41, 5.74) is 6.50. The molecule has 0 fully saturated rings. The van der Waals surface area contributed by atoms with E-state index in [-0.39, 0.29) is 6.10 Å². The minimum Gasteiger partial charge on any atom is -0.375 e. The zero-order chi connectivity index (χ0) is 9.14. The predicted molar refractivity (Wildman–Crippen MR) is 49.7 cm³/mol. The fraction of sp³-hybridized carbons (Fsp3) is 0.571. The van der Waals surface area contributed by atoms with Crippen molar-refractivity contribution in [3.05, 3.63) is 16.4 Å². The molecule has 2 N–H and O–H groups in total. The molecule has 4 nitrogen and oxygen atoms in total. The second kappa shape index (κ2) is 4.02. The van der Waals surface area contributed by atoms with Crippen molar-refractivity contribution in [2.24, 2.45) is 12.8 Å². The van der Waals surface area contributed by atoms with E-state index in [2.05, 4.69) is 21.0 Å². The van der Waals surface area contributed by atoms with Crippen molar-refractivity contribution < 1.29 is 4.74 Å². The molecule has 0 aliphatic rings. The van der Waals surface area contributed by atoms with Crippen molar-refractivity contribution in [3.63, 3.8) is 0 Å². The van der Waals surface area contributed by atoms with Gasteiger partial charge in [0.2, 0.25) is 0 Å². The van der Waals surface area contributed by atoms with E-state index in [0.29, 0.717) is 6.54 Å². The lowest BCUT2D eigenvalue weighted by Gasteiger charge is -2.10. The Bertz CT molecular complexity index is 257. The lowest BCUT2D eigenvalue weighted by Crippen LogP contribution is -2.14. The molecule has 1 rings (SSSR count). The lowest BCUT2D eigenvalue weighted by molar-refractivity contribution is 0.110. The molecular weight excluding hydrogens is 222 g/mol. The van der Waals surface area contributed by atoms with Crippen molar-refractivity contribution in [3.8, 4) is 0 Å². The molecule has 0 aliphatic carbocycles. The van der Waals surface area contributed by atoms with Crippen LogP contribution in [-0.2, 0) is 11.8 Å². The largest absolute Gasteiger partial charge is 0.375 e. The third-order valence-corrected chi connectivity index (χ3v) is 2.71. The van der Waals surface area contributed by atoms with Crippen LogP contribution in [0, 0.1) is 0 Å². The lowest BCUT2D eigenvalue weighted by atomic mass is 10.2. The van der Waals surface area contributed by atoms with Gasteiger partial charge in [-0.1, -0.05) is 0 Å². The van der Waals surface area contributed by atoms with Crippen LogP contribution in [0.25, 0.3) is 0 Å². The van der Waals surface area contributed by atoms with E-state index in [4.69, 9.17) is 10.5 Å². The first-order valence-corrected chi connectivity index (χ1v) is 4.40. The van der Waals surface area contributed by atoms with Gasteiger partial charge < -0.3 is 10.5 Å². The van der Waals surface area contributed by atoms with Gasteiger partial charge in [0.1, 0.15) is 4.60 Å². The van der Waals surface area contributed by atoms with E-state index >= 15 is 0 Å². The van der Waals surface area contributed by atoms with Crippen LogP contribution in [0.1, 0.15) is 11.7 Å². The van der Waals surface area contributed by atoms with Gasteiger partial charge in [0.25, 0.3) is 0 Å². The van der Waals surface area contributed by atoms with Gasteiger partial charge in [-0.25, -0.2) is 0 Å². The summed E-state index contributed by atoms with van der Waals surface area (Å²) in [6.07, 6.45) is 1.68. The molecular formula is C7H12BrN3O. The molecule has 0 radical (unpaired) electrons. The van der Waals surface area contributed by atoms with Crippen molar-refractivity contribution in [2.75, 3.05) is 13.7 Å². The van der Waals surface area contributed by atoms with Gasteiger partial charge in [0, 0.05) is 26.3 Å². The fourth-order valence-electron chi connectivity index (χ4n) is 1.01. The maximum Gasteiger partial charge on any atom is 0.109 e. The van der Waals surface area contributed by atoms with Crippen LogP contribution in [0.2, 0.25) is 0 Å². The molecule has 0 amide bonds.